The summed E-state index contributed by atoms with van der Waals surface area (Å²) < 4.78 is 26.5. The lowest BCUT2D eigenvalue weighted by molar-refractivity contribution is -0.138. The summed E-state index contributed by atoms with van der Waals surface area (Å²) in [6.07, 6.45) is 1.17. The first-order valence-electron chi connectivity index (χ1n) is 4.18. The van der Waals surface area contributed by atoms with Gasteiger partial charge in [-0.05, 0) is 6.92 Å². The predicted molar refractivity (Wildman–Crippen MR) is 55.6 cm³/mol. The van der Waals surface area contributed by atoms with Gasteiger partial charge in [-0.3, -0.25) is 9.48 Å². The molecule has 0 aromatic carbocycles. The van der Waals surface area contributed by atoms with E-state index in [-0.39, 0.29) is 10.0 Å². The van der Waals surface area contributed by atoms with E-state index in [0.29, 0.717) is 0 Å². The van der Waals surface area contributed by atoms with Crippen LogP contribution >= 0.6 is 11.6 Å². The van der Waals surface area contributed by atoms with E-state index in [9.17, 15) is 13.2 Å². The van der Waals surface area contributed by atoms with Crippen LogP contribution < -0.4 is 4.72 Å². The molecule has 1 aromatic rings. The minimum absolute atomic E-state index is 0.0624. The normalized spacial score (nSPS) is 13.7. The van der Waals surface area contributed by atoms with Crippen molar-refractivity contribution in [3.63, 3.8) is 0 Å². The second-order valence-corrected chi connectivity index (χ2v) is 5.14. The van der Waals surface area contributed by atoms with E-state index in [1.54, 1.807) is 0 Å². The minimum Gasteiger partial charge on any atom is -0.480 e. The third kappa shape index (κ3) is 2.52. The standard InChI is InChI=1S/C7H10ClN3O4S/c1-4(7(12)13)10-16(14,15)6-5(8)3-9-11(6)2/h3-4,10H,1-2H3,(H,12,13)/t4-/m1/s1. The van der Waals surface area contributed by atoms with Gasteiger partial charge in [0.1, 0.15) is 6.04 Å². The molecule has 1 rings (SSSR count). The molecular formula is C7H10ClN3O4S. The van der Waals surface area contributed by atoms with E-state index < -0.39 is 22.0 Å². The quantitative estimate of drug-likeness (QED) is 0.788. The van der Waals surface area contributed by atoms with Gasteiger partial charge in [-0.15, -0.1) is 0 Å². The Labute approximate surface area is 97.1 Å². The van der Waals surface area contributed by atoms with E-state index >= 15 is 0 Å². The average Bonchev–Trinajstić information content (AvgIpc) is 2.45. The number of nitrogens with one attached hydrogen (secondary N) is 1. The number of hydrogen-bond acceptors (Lipinski definition) is 4. The molecule has 0 saturated heterocycles. The van der Waals surface area contributed by atoms with Crippen LogP contribution in [0.1, 0.15) is 6.92 Å². The van der Waals surface area contributed by atoms with Crippen molar-refractivity contribution in [2.45, 2.75) is 18.0 Å². The number of halogens is 1. The number of aliphatic carboxylic acids is 1. The van der Waals surface area contributed by atoms with E-state index in [2.05, 4.69) is 5.10 Å². The zero-order valence-corrected chi connectivity index (χ0v) is 10.1. The lowest BCUT2D eigenvalue weighted by Gasteiger charge is -2.10. The maximum Gasteiger partial charge on any atom is 0.321 e. The number of nitrogens with zero attached hydrogens (tertiary/aromatic N) is 2. The molecule has 0 bridgehead atoms. The van der Waals surface area contributed by atoms with Crippen LogP contribution in [-0.2, 0) is 21.9 Å². The van der Waals surface area contributed by atoms with E-state index in [0.717, 1.165) is 4.68 Å². The Morgan fingerprint density at radius 3 is 2.62 bits per heavy atom. The Hall–Kier alpha value is -1.12. The van der Waals surface area contributed by atoms with Crippen LogP contribution in [-0.4, -0.2) is 35.3 Å². The summed E-state index contributed by atoms with van der Waals surface area (Å²) in [4.78, 5) is 10.5. The molecule has 0 saturated carbocycles. The van der Waals surface area contributed by atoms with Gasteiger partial charge >= 0.3 is 5.97 Å². The molecule has 16 heavy (non-hydrogen) atoms. The van der Waals surface area contributed by atoms with E-state index in [4.69, 9.17) is 16.7 Å². The Morgan fingerprint density at radius 1 is 1.69 bits per heavy atom. The van der Waals surface area contributed by atoms with E-state index in [1.165, 1.54) is 20.2 Å². The van der Waals surface area contributed by atoms with Gasteiger partial charge in [-0.1, -0.05) is 11.6 Å². The summed E-state index contributed by atoms with van der Waals surface area (Å²) in [6, 6.07) is -1.24. The van der Waals surface area contributed by atoms with Crippen molar-refractivity contribution < 1.29 is 18.3 Å². The van der Waals surface area contributed by atoms with Gasteiger partial charge in [-0.25, -0.2) is 8.42 Å². The highest BCUT2D eigenvalue weighted by atomic mass is 35.5. The smallest absolute Gasteiger partial charge is 0.321 e. The molecular weight excluding hydrogens is 258 g/mol. The highest BCUT2D eigenvalue weighted by Crippen LogP contribution is 2.19. The molecule has 0 radical (unpaired) electrons. The topological polar surface area (TPSA) is 101 Å². The van der Waals surface area contributed by atoms with Gasteiger partial charge in [0.25, 0.3) is 10.0 Å². The van der Waals surface area contributed by atoms with Crippen molar-refractivity contribution >= 4 is 27.6 Å². The number of sulfonamides is 1. The monoisotopic (exact) mass is 267 g/mol. The van der Waals surface area contributed by atoms with Gasteiger partial charge in [-0.2, -0.15) is 9.82 Å². The molecule has 1 heterocycles. The van der Waals surface area contributed by atoms with Crippen LogP contribution in [0, 0.1) is 0 Å². The molecule has 1 aromatic heterocycles. The van der Waals surface area contributed by atoms with Gasteiger partial charge < -0.3 is 5.11 Å². The molecule has 9 heteroatoms. The minimum atomic E-state index is -3.98. The number of aryl methyl sites for hydroxylation is 1. The van der Waals surface area contributed by atoms with Crippen molar-refractivity contribution in [2.24, 2.45) is 7.05 Å². The van der Waals surface area contributed by atoms with Crippen LogP contribution in [0.15, 0.2) is 11.2 Å². The van der Waals surface area contributed by atoms with Gasteiger partial charge in [0, 0.05) is 7.05 Å². The Morgan fingerprint density at radius 2 is 2.25 bits per heavy atom. The zero-order valence-electron chi connectivity index (χ0n) is 8.51. The molecule has 0 unspecified atom stereocenters. The summed E-state index contributed by atoms with van der Waals surface area (Å²) in [5.74, 6) is -1.28. The Kier molecular flexibility index (Phi) is 3.56. The van der Waals surface area contributed by atoms with Crippen molar-refractivity contribution in [3.05, 3.63) is 11.2 Å². The lowest BCUT2D eigenvalue weighted by Crippen LogP contribution is -2.39. The summed E-state index contributed by atoms with van der Waals surface area (Å²) in [7, 11) is -2.59. The van der Waals surface area contributed by atoms with Crippen LogP contribution in [0.5, 0.6) is 0 Å². The number of aromatic nitrogens is 2. The van der Waals surface area contributed by atoms with Crippen LogP contribution in [0.4, 0.5) is 0 Å². The summed E-state index contributed by atoms with van der Waals surface area (Å²) in [5.41, 5.74) is 0. The van der Waals surface area contributed by atoms with E-state index in [1.807, 2.05) is 4.72 Å². The third-order valence-electron chi connectivity index (χ3n) is 1.80. The number of hydrogen-bond donors (Lipinski definition) is 2. The summed E-state index contributed by atoms with van der Waals surface area (Å²) in [6.45, 7) is 1.21. The number of rotatable bonds is 4. The molecule has 0 amide bonds. The third-order valence-corrected chi connectivity index (χ3v) is 3.85. The predicted octanol–water partition coefficient (Wildman–Crippen LogP) is -0.175. The Bertz CT molecular complexity index is 490. The fraction of sp³-hybridized carbons (Fsp3) is 0.429. The average molecular weight is 268 g/mol. The molecule has 1 atom stereocenters. The number of carboxylic acid groups (broad SMARTS) is 1. The summed E-state index contributed by atoms with van der Waals surface area (Å²) >= 11 is 5.64. The number of carbonyl (C=O) groups is 1. The van der Waals surface area contributed by atoms with Gasteiger partial charge in [0.15, 0.2) is 5.03 Å². The molecule has 0 fully saturated rings. The second-order valence-electron chi connectivity index (χ2n) is 3.10. The van der Waals surface area contributed by atoms with Crippen molar-refractivity contribution in [2.75, 3.05) is 0 Å². The maximum atomic E-state index is 11.7. The summed E-state index contributed by atoms with van der Waals surface area (Å²) in [5, 5.41) is 11.9. The highest BCUT2D eigenvalue weighted by Gasteiger charge is 2.26. The molecule has 0 spiro atoms. The van der Waals surface area contributed by atoms with Crippen LogP contribution in [0.25, 0.3) is 0 Å². The fourth-order valence-corrected chi connectivity index (χ4v) is 2.89. The van der Waals surface area contributed by atoms with Gasteiger partial charge in [0.05, 0.1) is 11.2 Å². The number of carboxylic acids is 1. The van der Waals surface area contributed by atoms with Crippen molar-refractivity contribution in [1.29, 1.82) is 0 Å². The second kappa shape index (κ2) is 4.40. The molecule has 0 aliphatic heterocycles. The highest BCUT2D eigenvalue weighted by molar-refractivity contribution is 7.89. The fourth-order valence-electron chi connectivity index (χ4n) is 1.04. The van der Waals surface area contributed by atoms with Gasteiger partial charge in [0.2, 0.25) is 0 Å². The largest absolute Gasteiger partial charge is 0.480 e. The molecule has 2 N–H and O–H groups in total. The first kappa shape index (κ1) is 12.9. The van der Waals surface area contributed by atoms with Crippen LogP contribution in [0.2, 0.25) is 5.02 Å². The zero-order chi connectivity index (χ0) is 12.5. The Balaban J connectivity index is 3.09. The first-order chi connectivity index (χ1) is 7.25. The molecule has 0 aliphatic carbocycles. The first-order valence-corrected chi connectivity index (χ1v) is 6.04. The van der Waals surface area contributed by atoms with Crippen LogP contribution in [0.3, 0.4) is 0 Å². The molecule has 7 nitrogen and oxygen atoms in total. The maximum absolute atomic E-state index is 11.7. The molecule has 90 valence electrons. The van der Waals surface area contributed by atoms with Crippen molar-refractivity contribution in [3.8, 4) is 0 Å². The molecule has 0 aliphatic rings. The van der Waals surface area contributed by atoms with Crippen molar-refractivity contribution in [1.82, 2.24) is 14.5 Å². The lowest BCUT2D eigenvalue weighted by atomic mass is 10.4. The SMILES string of the molecule is C[C@@H](NS(=O)(=O)c1c(Cl)cnn1C)C(=O)O.